The van der Waals surface area contributed by atoms with Gasteiger partial charge in [0.25, 0.3) is 0 Å². The van der Waals surface area contributed by atoms with Gasteiger partial charge in [0.1, 0.15) is 0 Å². The van der Waals surface area contributed by atoms with E-state index in [4.69, 9.17) is 0 Å². The van der Waals surface area contributed by atoms with E-state index < -0.39 is 0 Å². The molecule has 0 radical (unpaired) electrons. The van der Waals surface area contributed by atoms with E-state index in [2.05, 4.69) is 49.5 Å². The highest BCUT2D eigenvalue weighted by molar-refractivity contribution is 6.03. The molecule has 0 aromatic heterocycles. The van der Waals surface area contributed by atoms with Crippen molar-refractivity contribution in [1.82, 2.24) is 0 Å². The minimum Gasteiger partial charge on any atom is -0.325 e. The van der Waals surface area contributed by atoms with Gasteiger partial charge in [-0.15, -0.1) is 0 Å². The van der Waals surface area contributed by atoms with Crippen molar-refractivity contribution in [3.05, 3.63) is 53.1 Å². The van der Waals surface area contributed by atoms with Crippen molar-refractivity contribution in [2.75, 3.05) is 5.32 Å². The van der Waals surface area contributed by atoms with E-state index in [1.54, 1.807) is 0 Å². The molecule has 3 rings (SSSR count). The molecule has 0 spiro atoms. The highest BCUT2D eigenvalue weighted by Gasteiger charge is 2.26. The van der Waals surface area contributed by atoms with Crippen LogP contribution in [0.2, 0.25) is 0 Å². The number of amides is 1. The Morgan fingerprint density at radius 1 is 1.11 bits per heavy atom. The van der Waals surface area contributed by atoms with E-state index in [1.807, 2.05) is 13.0 Å². The molecule has 19 heavy (non-hydrogen) atoms. The third-order valence-electron chi connectivity index (χ3n) is 4.08. The first-order valence-corrected chi connectivity index (χ1v) is 6.59. The zero-order chi connectivity index (χ0) is 13.6. The van der Waals surface area contributed by atoms with Crippen molar-refractivity contribution < 1.29 is 4.79 Å². The molecule has 0 saturated carbocycles. The summed E-state index contributed by atoms with van der Waals surface area (Å²) < 4.78 is 0. The Kier molecular flexibility index (Phi) is 2.67. The Morgan fingerprint density at radius 3 is 2.68 bits per heavy atom. The van der Waals surface area contributed by atoms with Gasteiger partial charge in [-0.2, -0.15) is 0 Å². The molecule has 1 atom stereocenters. The van der Waals surface area contributed by atoms with Crippen molar-refractivity contribution in [1.29, 1.82) is 0 Å². The van der Waals surface area contributed by atoms with Crippen LogP contribution in [0.25, 0.3) is 11.1 Å². The fourth-order valence-electron chi connectivity index (χ4n) is 2.65. The van der Waals surface area contributed by atoms with E-state index in [9.17, 15) is 4.79 Å². The SMILES string of the molecule is Cc1cccc(-c2ccc3c(c2)C(C)C(=O)N3)c1C. The van der Waals surface area contributed by atoms with Crippen LogP contribution < -0.4 is 5.32 Å². The van der Waals surface area contributed by atoms with Crippen molar-refractivity contribution >= 4 is 11.6 Å². The second-order valence-corrected chi connectivity index (χ2v) is 5.26. The molecule has 1 heterocycles. The highest BCUT2D eigenvalue weighted by Crippen LogP contribution is 2.36. The molecule has 2 aromatic rings. The number of benzene rings is 2. The summed E-state index contributed by atoms with van der Waals surface area (Å²) >= 11 is 0. The molecule has 2 aromatic carbocycles. The maximum atomic E-state index is 11.7. The van der Waals surface area contributed by atoms with Gasteiger partial charge in [-0.3, -0.25) is 4.79 Å². The maximum absolute atomic E-state index is 11.7. The van der Waals surface area contributed by atoms with Gasteiger partial charge in [-0.05, 0) is 60.7 Å². The lowest BCUT2D eigenvalue weighted by Crippen LogP contribution is -2.08. The lowest BCUT2D eigenvalue weighted by Gasteiger charge is -2.11. The minimum absolute atomic E-state index is 0.0555. The second-order valence-electron chi connectivity index (χ2n) is 5.26. The van der Waals surface area contributed by atoms with E-state index in [1.165, 1.54) is 22.3 Å². The third-order valence-corrected chi connectivity index (χ3v) is 4.08. The minimum atomic E-state index is -0.0555. The molecule has 0 fully saturated rings. The number of anilines is 1. The summed E-state index contributed by atoms with van der Waals surface area (Å²) in [5.74, 6) is 0.0354. The van der Waals surface area contributed by atoms with Crippen LogP contribution in [0.4, 0.5) is 5.69 Å². The number of hydrogen-bond acceptors (Lipinski definition) is 1. The number of carbonyl (C=O) groups is 1. The molecule has 1 aliphatic heterocycles. The van der Waals surface area contributed by atoms with Crippen LogP contribution in [0.15, 0.2) is 36.4 Å². The molecule has 2 heteroatoms. The number of aryl methyl sites for hydroxylation is 1. The molecule has 0 saturated heterocycles. The monoisotopic (exact) mass is 251 g/mol. The average Bonchev–Trinajstić information content (AvgIpc) is 2.68. The van der Waals surface area contributed by atoms with Gasteiger partial charge >= 0.3 is 0 Å². The third kappa shape index (κ3) is 1.84. The summed E-state index contributed by atoms with van der Waals surface area (Å²) in [4.78, 5) is 11.7. The van der Waals surface area contributed by atoms with Crippen molar-refractivity contribution in [3.63, 3.8) is 0 Å². The molecule has 96 valence electrons. The van der Waals surface area contributed by atoms with Gasteiger partial charge in [-0.25, -0.2) is 0 Å². The van der Waals surface area contributed by atoms with Gasteiger partial charge in [0.15, 0.2) is 0 Å². The zero-order valence-corrected chi connectivity index (χ0v) is 11.4. The fraction of sp³-hybridized carbons (Fsp3) is 0.235. The van der Waals surface area contributed by atoms with Gasteiger partial charge < -0.3 is 5.32 Å². The zero-order valence-electron chi connectivity index (χ0n) is 11.4. The number of nitrogens with one attached hydrogen (secondary N) is 1. The van der Waals surface area contributed by atoms with Crippen LogP contribution in [0.3, 0.4) is 0 Å². The normalized spacial score (nSPS) is 17.2. The molecule has 1 aliphatic rings. The quantitative estimate of drug-likeness (QED) is 0.814. The molecule has 0 bridgehead atoms. The Labute approximate surface area is 113 Å². The first-order chi connectivity index (χ1) is 9.08. The van der Waals surface area contributed by atoms with Crippen molar-refractivity contribution in [3.8, 4) is 11.1 Å². The molecule has 1 amide bonds. The van der Waals surface area contributed by atoms with Crippen LogP contribution in [0, 0.1) is 13.8 Å². The van der Waals surface area contributed by atoms with Crippen LogP contribution in [0.1, 0.15) is 29.5 Å². The van der Waals surface area contributed by atoms with Crippen LogP contribution in [-0.4, -0.2) is 5.91 Å². The van der Waals surface area contributed by atoms with Crippen LogP contribution >= 0.6 is 0 Å². The smallest absolute Gasteiger partial charge is 0.231 e. The Morgan fingerprint density at radius 2 is 1.89 bits per heavy atom. The Bertz CT molecular complexity index is 673. The number of hydrogen-bond donors (Lipinski definition) is 1. The Balaban J connectivity index is 2.14. The second kappa shape index (κ2) is 4.23. The number of rotatable bonds is 1. The first-order valence-electron chi connectivity index (χ1n) is 6.59. The molecule has 1 N–H and O–H groups in total. The lowest BCUT2D eigenvalue weighted by atomic mass is 9.93. The average molecular weight is 251 g/mol. The molecular weight excluding hydrogens is 234 g/mol. The largest absolute Gasteiger partial charge is 0.325 e. The molecule has 2 nitrogen and oxygen atoms in total. The van der Waals surface area contributed by atoms with Gasteiger partial charge in [0, 0.05) is 5.69 Å². The van der Waals surface area contributed by atoms with E-state index >= 15 is 0 Å². The van der Waals surface area contributed by atoms with E-state index in [0.29, 0.717) is 0 Å². The van der Waals surface area contributed by atoms with E-state index in [-0.39, 0.29) is 11.8 Å². The highest BCUT2D eigenvalue weighted by atomic mass is 16.2. The summed E-state index contributed by atoms with van der Waals surface area (Å²) in [6, 6.07) is 12.6. The lowest BCUT2D eigenvalue weighted by molar-refractivity contribution is -0.116. The summed E-state index contributed by atoms with van der Waals surface area (Å²) in [6.45, 7) is 6.22. The topological polar surface area (TPSA) is 29.1 Å². The standard InChI is InChI=1S/C17H17NO/c1-10-5-4-6-14(11(10)2)13-7-8-16-15(9-13)12(3)17(19)18-16/h4-9,12H,1-3H3,(H,18,19). The number of carbonyl (C=O) groups excluding carboxylic acids is 1. The molecule has 1 unspecified atom stereocenters. The van der Waals surface area contributed by atoms with Gasteiger partial charge in [-0.1, -0.05) is 24.3 Å². The Hall–Kier alpha value is -2.09. The summed E-state index contributed by atoms with van der Waals surface area (Å²) in [6.07, 6.45) is 0. The maximum Gasteiger partial charge on any atom is 0.231 e. The molecular formula is C17H17NO. The van der Waals surface area contributed by atoms with Gasteiger partial charge in [0.05, 0.1) is 5.92 Å². The van der Waals surface area contributed by atoms with Crippen molar-refractivity contribution in [2.24, 2.45) is 0 Å². The predicted molar refractivity (Wildman–Crippen MR) is 78.4 cm³/mol. The first kappa shape index (κ1) is 12.0. The fourth-order valence-corrected chi connectivity index (χ4v) is 2.65. The predicted octanol–water partition coefficient (Wildman–Crippen LogP) is 4.03. The number of fused-ring (bicyclic) bond motifs is 1. The van der Waals surface area contributed by atoms with Gasteiger partial charge in [0.2, 0.25) is 5.91 Å². The van der Waals surface area contributed by atoms with Crippen molar-refractivity contribution in [2.45, 2.75) is 26.7 Å². The summed E-state index contributed by atoms with van der Waals surface area (Å²) in [5, 5.41) is 2.91. The van der Waals surface area contributed by atoms with Crippen LogP contribution in [0.5, 0.6) is 0 Å². The van der Waals surface area contributed by atoms with E-state index in [0.717, 1.165) is 11.3 Å². The van der Waals surface area contributed by atoms with Crippen LogP contribution in [-0.2, 0) is 4.79 Å². The molecule has 0 aliphatic carbocycles. The summed E-state index contributed by atoms with van der Waals surface area (Å²) in [5.41, 5.74) is 7.07. The summed E-state index contributed by atoms with van der Waals surface area (Å²) in [7, 11) is 0.